The van der Waals surface area contributed by atoms with Crippen LogP contribution in [0.1, 0.15) is 181 Å². The maximum absolute atomic E-state index is 12.7. The van der Waals surface area contributed by atoms with Crippen molar-refractivity contribution in [1.82, 2.24) is 0 Å². The van der Waals surface area contributed by atoms with E-state index >= 15 is 0 Å². The second kappa shape index (κ2) is 38.2. The third-order valence-electron chi connectivity index (χ3n) is 9.50. The molecule has 6 N–H and O–H groups in total. The number of carbonyl (C=O) groups is 2. The summed E-state index contributed by atoms with van der Waals surface area (Å²) >= 11 is 0. The molecule has 0 aliphatic rings. The molecule has 0 heterocycles. The number of allylic oxidation sites excluding steroid dienone is 3. The van der Waals surface area contributed by atoms with Gasteiger partial charge in [0.15, 0.2) is 6.10 Å². The van der Waals surface area contributed by atoms with Crippen molar-refractivity contribution in [1.29, 1.82) is 0 Å². The molecular formula is C42H80O15P2. The van der Waals surface area contributed by atoms with Crippen LogP contribution < -0.4 is 0 Å². The second-order valence-corrected chi connectivity index (χ2v) is 18.0. The average Bonchev–Trinajstić information content (AvgIpc) is 3.19. The molecular weight excluding hydrogens is 806 g/mol. The first kappa shape index (κ1) is 57.5. The Kier molecular flexibility index (Phi) is 37.3. The van der Waals surface area contributed by atoms with Crippen molar-refractivity contribution in [3.63, 3.8) is 0 Å². The zero-order chi connectivity index (χ0) is 44.0. The molecule has 0 aliphatic carbocycles. The number of hydrogen-bond donors (Lipinski definition) is 6. The number of phosphoric acid groups is 2. The molecule has 0 bridgehead atoms. The molecule has 1 unspecified atom stereocenters. The van der Waals surface area contributed by atoms with E-state index in [0.29, 0.717) is 32.1 Å². The highest BCUT2D eigenvalue weighted by Gasteiger charge is 2.28. The van der Waals surface area contributed by atoms with Gasteiger partial charge in [0.2, 0.25) is 0 Å². The minimum Gasteiger partial charge on any atom is -0.462 e. The van der Waals surface area contributed by atoms with Crippen LogP contribution in [0.3, 0.4) is 0 Å². The summed E-state index contributed by atoms with van der Waals surface area (Å²) < 4.78 is 47.7. The molecule has 0 fully saturated rings. The average molecular weight is 887 g/mol. The molecule has 0 aromatic carbocycles. The number of aliphatic hydroxyl groups excluding tert-OH is 3. The highest BCUT2D eigenvalue weighted by molar-refractivity contribution is 7.47. The van der Waals surface area contributed by atoms with Crippen LogP contribution in [0.25, 0.3) is 0 Å². The first-order valence-corrected chi connectivity index (χ1v) is 25.2. The van der Waals surface area contributed by atoms with Crippen LogP contribution in [0.4, 0.5) is 0 Å². The summed E-state index contributed by atoms with van der Waals surface area (Å²) in [6.07, 6.45) is 27.6. The Morgan fingerprint density at radius 3 is 1.58 bits per heavy atom. The first-order chi connectivity index (χ1) is 28.2. The van der Waals surface area contributed by atoms with Gasteiger partial charge in [-0.1, -0.05) is 128 Å². The molecule has 0 radical (unpaired) electrons. The van der Waals surface area contributed by atoms with E-state index in [1.165, 1.54) is 44.9 Å². The lowest BCUT2D eigenvalue weighted by Crippen LogP contribution is -2.30. The van der Waals surface area contributed by atoms with Gasteiger partial charge in [-0.05, 0) is 64.2 Å². The predicted octanol–water partition coefficient (Wildman–Crippen LogP) is 9.06. The van der Waals surface area contributed by atoms with Gasteiger partial charge in [0.25, 0.3) is 0 Å². The molecule has 0 rings (SSSR count). The second-order valence-electron chi connectivity index (χ2n) is 15.3. The van der Waals surface area contributed by atoms with Crippen LogP contribution in [0.5, 0.6) is 0 Å². The van der Waals surface area contributed by atoms with E-state index in [-0.39, 0.29) is 12.8 Å². The largest absolute Gasteiger partial charge is 0.472 e. The molecule has 17 heteroatoms. The quantitative estimate of drug-likeness (QED) is 0.0145. The maximum Gasteiger partial charge on any atom is 0.472 e. The summed E-state index contributed by atoms with van der Waals surface area (Å²) in [5, 5.41) is 30.2. The van der Waals surface area contributed by atoms with E-state index in [2.05, 4.69) is 35.0 Å². The summed E-state index contributed by atoms with van der Waals surface area (Å²) in [6, 6.07) is 0. The van der Waals surface area contributed by atoms with Crippen molar-refractivity contribution in [2.24, 2.45) is 0 Å². The fourth-order valence-electron chi connectivity index (χ4n) is 5.95. The fourth-order valence-corrected chi connectivity index (χ4v) is 7.11. The van der Waals surface area contributed by atoms with Crippen molar-refractivity contribution < 1.29 is 71.8 Å². The molecule has 0 spiro atoms. The molecule has 0 aromatic rings. The maximum atomic E-state index is 12.7. The van der Waals surface area contributed by atoms with Gasteiger partial charge < -0.3 is 39.5 Å². The third kappa shape index (κ3) is 40.4. The highest BCUT2D eigenvalue weighted by Crippen LogP contribution is 2.43. The van der Waals surface area contributed by atoms with Crippen molar-refractivity contribution in [2.75, 3.05) is 26.4 Å². The van der Waals surface area contributed by atoms with Crippen molar-refractivity contribution in [3.8, 4) is 0 Å². The van der Waals surface area contributed by atoms with Crippen molar-refractivity contribution in [2.45, 2.75) is 205 Å². The number of carbonyl (C=O) groups excluding carboxylic acids is 2. The van der Waals surface area contributed by atoms with E-state index in [1.54, 1.807) is 0 Å². The van der Waals surface area contributed by atoms with Crippen LogP contribution in [0, 0.1) is 0 Å². The minimum absolute atomic E-state index is 0.0321. The number of hydrogen-bond acceptors (Lipinski definition) is 12. The van der Waals surface area contributed by atoms with Gasteiger partial charge in [-0.15, -0.1) is 0 Å². The Hall–Kier alpha value is -1.48. The molecule has 0 amide bonds. The minimum atomic E-state index is -4.88. The van der Waals surface area contributed by atoms with Crippen molar-refractivity contribution in [3.05, 3.63) is 24.3 Å². The van der Waals surface area contributed by atoms with Crippen LogP contribution in [-0.2, 0) is 41.8 Å². The number of ether oxygens (including phenoxy) is 2. The smallest absolute Gasteiger partial charge is 0.462 e. The Morgan fingerprint density at radius 2 is 0.983 bits per heavy atom. The van der Waals surface area contributed by atoms with E-state index < -0.39 is 78.4 Å². The van der Waals surface area contributed by atoms with Gasteiger partial charge in [-0.25, -0.2) is 9.13 Å². The standard InChI is InChI=1S/C42H80O15P2/c1-3-5-7-9-11-12-13-14-15-16-17-18-19-23-27-31-41(46)53-35-38(36-56-59(51,52)55-34-37(43)33-54-58(48,49)50)57-42(47)32-28-24-20-22-26-30-40(45)39(44)29-25-21-10-8-6-4-2/h14-15,21,25,37-40,43-45H,3-13,16-20,22-24,26-36H2,1-2H3,(H,51,52)(H2,48,49,50)/b15-14-,25-21-/t37-,38+,39-,40-/m0/s1. The monoisotopic (exact) mass is 886 g/mol. The number of esters is 2. The molecule has 15 nitrogen and oxygen atoms in total. The van der Waals surface area contributed by atoms with Crippen LogP contribution in [0.2, 0.25) is 0 Å². The normalized spacial score (nSPS) is 15.3. The zero-order valence-electron chi connectivity index (χ0n) is 36.1. The van der Waals surface area contributed by atoms with Gasteiger partial charge in [-0.2, -0.15) is 0 Å². The summed E-state index contributed by atoms with van der Waals surface area (Å²) in [6.45, 7) is 1.52. The lowest BCUT2D eigenvalue weighted by molar-refractivity contribution is -0.161. The van der Waals surface area contributed by atoms with Crippen LogP contribution in [-0.4, -0.2) is 92.8 Å². The molecule has 0 saturated heterocycles. The number of phosphoric ester groups is 2. The van der Waals surface area contributed by atoms with Crippen LogP contribution in [0.15, 0.2) is 24.3 Å². The summed E-state index contributed by atoms with van der Waals surface area (Å²) in [4.78, 5) is 52.7. The Morgan fingerprint density at radius 1 is 0.525 bits per heavy atom. The predicted molar refractivity (Wildman–Crippen MR) is 228 cm³/mol. The van der Waals surface area contributed by atoms with Crippen molar-refractivity contribution >= 4 is 27.6 Å². The number of rotatable bonds is 42. The topological polar surface area (TPSA) is 236 Å². The SMILES string of the molecule is CCCCC/C=C\C[C@H](O)[C@@H](O)CCCCCCCC(=O)O[C@H](COC(=O)CCCCCCC/C=C\CCCCCCCC)COP(=O)(O)OC[C@@H](O)COP(=O)(O)O. The van der Waals surface area contributed by atoms with E-state index in [1.807, 2.05) is 12.2 Å². The molecule has 0 aliphatic heterocycles. The number of aliphatic hydroxyl groups is 3. The van der Waals surface area contributed by atoms with E-state index in [9.17, 15) is 38.9 Å². The Labute approximate surface area is 354 Å². The zero-order valence-corrected chi connectivity index (χ0v) is 37.9. The third-order valence-corrected chi connectivity index (χ3v) is 10.9. The molecule has 348 valence electrons. The highest BCUT2D eigenvalue weighted by atomic mass is 31.2. The number of unbranched alkanes of at least 4 members (excludes halogenated alkanes) is 18. The van der Waals surface area contributed by atoms with E-state index in [4.69, 9.17) is 23.8 Å². The molecule has 0 saturated carbocycles. The summed E-state index contributed by atoms with van der Waals surface area (Å²) in [5.74, 6) is -1.15. The molecule has 5 atom stereocenters. The van der Waals surface area contributed by atoms with Gasteiger partial charge in [-0.3, -0.25) is 23.2 Å². The van der Waals surface area contributed by atoms with Crippen LogP contribution >= 0.6 is 15.6 Å². The van der Waals surface area contributed by atoms with E-state index in [0.717, 1.165) is 77.0 Å². The van der Waals surface area contributed by atoms with Gasteiger partial charge in [0, 0.05) is 12.8 Å². The summed E-state index contributed by atoms with van der Waals surface area (Å²) in [7, 11) is -9.73. The molecule has 59 heavy (non-hydrogen) atoms. The lowest BCUT2D eigenvalue weighted by Gasteiger charge is -2.20. The van der Waals surface area contributed by atoms with Gasteiger partial charge in [0.05, 0.1) is 32.0 Å². The Balaban J connectivity index is 4.63. The summed E-state index contributed by atoms with van der Waals surface area (Å²) in [5.41, 5.74) is 0. The van der Waals surface area contributed by atoms with Gasteiger partial charge >= 0.3 is 27.6 Å². The Bertz CT molecular complexity index is 1180. The lowest BCUT2D eigenvalue weighted by atomic mass is 10.0. The van der Waals surface area contributed by atoms with Gasteiger partial charge in [0.1, 0.15) is 12.7 Å². The fraction of sp³-hybridized carbons (Fsp3) is 0.857. The molecule has 0 aromatic heterocycles. The first-order valence-electron chi connectivity index (χ1n) is 22.2.